The van der Waals surface area contributed by atoms with Gasteiger partial charge in [-0.15, -0.1) is 0 Å². The van der Waals surface area contributed by atoms with Crippen molar-refractivity contribution in [3.63, 3.8) is 0 Å². The van der Waals surface area contributed by atoms with Gasteiger partial charge in [-0.05, 0) is 42.9 Å². The number of nitriles is 1. The molecule has 1 aliphatic carbocycles. The fourth-order valence-corrected chi connectivity index (χ4v) is 2.95. The van der Waals surface area contributed by atoms with Crippen LogP contribution in [-0.2, 0) is 9.53 Å². The average Bonchev–Trinajstić information content (AvgIpc) is 3.52. The summed E-state index contributed by atoms with van der Waals surface area (Å²) < 4.78 is 5.18. The third-order valence-electron chi connectivity index (χ3n) is 4.59. The van der Waals surface area contributed by atoms with E-state index in [1.807, 2.05) is 42.5 Å². The molecule has 5 nitrogen and oxygen atoms in total. The third-order valence-corrected chi connectivity index (χ3v) is 4.59. The summed E-state index contributed by atoms with van der Waals surface area (Å²) in [4.78, 5) is 24.6. The van der Waals surface area contributed by atoms with Crippen molar-refractivity contribution in [3.8, 4) is 17.2 Å². The number of nitrogens with one attached hydrogen (secondary N) is 1. The number of hydrogen-bond acceptors (Lipinski definition) is 4. The van der Waals surface area contributed by atoms with E-state index in [4.69, 9.17) is 4.74 Å². The molecule has 1 N–H and O–H groups in total. The van der Waals surface area contributed by atoms with Crippen LogP contribution in [0.2, 0.25) is 0 Å². The summed E-state index contributed by atoms with van der Waals surface area (Å²) in [5.74, 6) is -0.859. The van der Waals surface area contributed by atoms with E-state index in [-0.39, 0.29) is 5.92 Å². The standard InChI is InChI=1S/C21H20N2O3/c1-21(14-22,16-11-12-16)23-19(24)13-26-20(25)18-10-6-5-9-17(18)15-7-3-2-4-8-15/h2-10,16H,11-13H2,1H3,(H,23,24)/t21-/m0/s1. The molecular formula is C21H20N2O3. The number of rotatable bonds is 6. The van der Waals surface area contributed by atoms with Gasteiger partial charge in [0.25, 0.3) is 5.91 Å². The highest BCUT2D eigenvalue weighted by molar-refractivity contribution is 5.98. The van der Waals surface area contributed by atoms with Gasteiger partial charge < -0.3 is 10.1 Å². The Morgan fingerprint density at radius 3 is 2.46 bits per heavy atom. The van der Waals surface area contributed by atoms with Crippen LogP contribution >= 0.6 is 0 Å². The van der Waals surface area contributed by atoms with Gasteiger partial charge in [-0.1, -0.05) is 48.5 Å². The number of esters is 1. The number of ether oxygens (including phenoxy) is 1. The minimum absolute atomic E-state index is 0.172. The van der Waals surface area contributed by atoms with Crippen molar-refractivity contribution in [3.05, 3.63) is 60.2 Å². The summed E-state index contributed by atoms with van der Waals surface area (Å²) in [6, 6.07) is 18.8. The van der Waals surface area contributed by atoms with E-state index in [0.29, 0.717) is 5.56 Å². The molecule has 0 saturated heterocycles. The summed E-state index contributed by atoms with van der Waals surface area (Å²) >= 11 is 0. The minimum Gasteiger partial charge on any atom is -0.452 e. The van der Waals surface area contributed by atoms with E-state index < -0.39 is 24.0 Å². The number of amides is 1. The van der Waals surface area contributed by atoms with Crippen molar-refractivity contribution in [2.75, 3.05) is 6.61 Å². The predicted molar refractivity (Wildman–Crippen MR) is 97.0 cm³/mol. The summed E-state index contributed by atoms with van der Waals surface area (Å²) in [7, 11) is 0. The molecule has 0 aromatic heterocycles. The third kappa shape index (κ3) is 3.92. The number of carbonyl (C=O) groups is 2. The van der Waals surface area contributed by atoms with Gasteiger partial charge >= 0.3 is 5.97 Å². The first-order valence-corrected chi connectivity index (χ1v) is 8.57. The smallest absolute Gasteiger partial charge is 0.339 e. The van der Waals surface area contributed by atoms with Crippen LogP contribution in [0.4, 0.5) is 0 Å². The van der Waals surface area contributed by atoms with Gasteiger partial charge in [0.1, 0.15) is 5.54 Å². The van der Waals surface area contributed by atoms with E-state index in [1.54, 1.807) is 19.1 Å². The molecule has 3 rings (SSSR count). The van der Waals surface area contributed by atoms with Crippen molar-refractivity contribution < 1.29 is 14.3 Å². The minimum atomic E-state index is -0.897. The Kier molecular flexibility index (Phi) is 5.04. The Balaban J connectivity index is 1.66. The van der Waals surface area contributed by atoms with Crippen molar-refractivity contribution in [2.24, 2.45) is 5.92 Å². The van der Waals surface area contributed by atoms with E-state index in [9.17, 15) is 14.9 Å². The first kappa shape index (κ1) is 17.7. The SMILES string of the molecule is C[C@@](C#N)(NC(=O)COC(=O)c1ccccc1-c1ccccc1)C1CC1. The summed E-state index contributed by atoms with van der Waals surface area (Å²) in [5, 5.41) is 12.0. The molecule has 0 unspecified atom stereocenters. The highest BCUT2D eigenvalue weighted by Crippen LogP contribution is 2.39. The number of hydrogen-bond donors (Lipinski definition) is 1. The Morgan fingerprint density at radius 2 is 1.81 bits per heavy atom. The molecule has 1 saturated carbocycles. The zero-order valence-corrected chi connectivity index (χ0v) is 14.6. The largest absolute Gasteiger partial charge is 0.452 e. The Bertz CT molecular complexity index is 853. The van der Waals surface area contributed by atoms with Crippen LogP contribution in [0.1, 0.15) is 30.1 Å². The highest BCUT2D eigenvalue weighted by Gasteiger charge is 2.43. The first-order chi connectivity index (χ1) is 12.5. The topological polar surface area (TPSA) is 79.2 Å². The Morgan fingerprint density at radius 1 is 1.15 bits per heavy atom. The average molecular weight is 348 g/mol. The molecule has 1 fully saturated rings. The molecule has 5 heteroatoms. The van der Waals surface area contributed by atoms with Crippen LogP contribution in [0.5, 0.6) is 0 Å². The maximum atomic E-state index is 12.5. The van der Waals surface area contributed by atoms with Crippen molar-refractivity contribution in [1.82, 2.24) is 5.32 Å². The maximum absolute atomic E-state index is 12.5. The normalized spacial score (nSPS) is 15.4. The molecule has 0 aliphatic heterocycles. The second kappa shape index (κ2) is 7.40. The maximum Gasteiger partial charge on any atom is 0.339 e. The Hall–Kier alpha value is -3.13. The molecule has 1 amide bonds. The summed E-state index contributed by atoms with van der Waals surface area (Å²) in [5.41, 5.74) is 1.15. The van der Waals surface area contributed by atoms with E-state index >= 15 is 0 Å². The number of nitrogens with zero attached hydrogens (tertiary/aromatic N) is 1. The predicted octanol–water partition coefficient (Wildman–Crippen LogP) is 3.32. The van der Waals surface area contributed by atoms with Crippen LogP contribution in [0.3, 0.4) is 0 Å². The van der Waals surface area contributed by atoms with Crippen LogP contribution < -0.4 is 5.32 Å². The van der Waals surface area contributed by atoms with Crippen molar-refractivity contribution in [1.29, 1.82) is 5.26 Å². The summed E-state index contributed by atoms with van der Waals surface area (Å²) in [6.07, 6.45) is 1.85. The second-order valence-corrected chi connectivity index (χ2v) is 6.62. The van der Waals surface area contributed by atoms with Gasteiger partial charge in [0.05, 0.1) is 11.6 Å². The fourth-order valence-electron chi connectivity index (χ4n) is 2.95. The van der Waals surface area contributed by atoms with E-state index in [0.717, 1.165) is 24.0 Å². The lowest BCUT2D eigenvalue weighted by atomic mass is 9.98. The molecule has 0 heterocycles. The highest BCUT2D eigenvalue weighted by atomic mass is 16.5. The molecule has 0 spiro atoms. The first-order valence-electron chi connectivity index (χ1n) is 8.57. The molecule has 2 aromatic rings. The quantitative estimate of drug-likeness (QED) is 0.812. The van der Waals surface area contributed by atoms with Crippen molar-refractivity contribution in [2.45, 2.75) is 25.3 Å². The number of carbonyl (C=O) groups excluding carboxylic acids is 2. The van der Waals surface area contributed by atoms with Crippen LogP contribution in [0, 0.1) is 17.2 Å². The molecule has 2 aromatic carbocycles. The van der Waals surface area contributed by atoms with Gasteiger partial charge in [0, 0.05) is 0 Å². The van der Waals surface area contributed by atoms with Gasteiger partial charge in [-0.25, -0.2) is 4.79 Å². The monoisotopic (exact) mass is 348 g/mol. The molecule has 0 radical (unpaired) electrons. The molecule has 132 valence electrons. The van der Waals surface area contributed by atoms with Crippen LogP contribution in [-0.4, -0.2) is 24.0 Å². The van der Waals surface area contributed by atoms with Gasteiger partial charge in [0.2, 0.25) is 0 Å². The molecule has 0 bridgehead atoms. The van der Waals surface area contributed by atoms with Crippen LogP contribution in [0.15, 0.2) is 54.6 Å². The van der Waals surface area contributed by atoms with E-state index in [2.05, 4.69) is 11.4 Å². The number of benzene rings is 2. The molecule has 1 atom stereocenters. The van der Waals surface area contributed by atoms with Crippen LogP contribution in [0.25, 0.3) is 11.1 Å². The van der Waals surface area contributed by atoms with Gasteiger partial charge in [-0.2, -0.15) is 5.26 Å². The Labute approximate surface area is 152 Å². The van der Waals surface area contributed by atoms with Crippen molar-refractivity contribution >= 4 is 11.9 Å². The summed E-state index contributed by atoms with van der Waals surface area (Å²) in [6.45, 7) is 1.29. The van der Waals surface area contributed by atoms with Gasteiger partial charge in [0.15, 0.2) is 6.61 Å². The van der Waals surface area contributed by atoms with Gasteiger partial charge in [-0.3, -0.25) is 4.79 Å². The molecular weight excluding hydrogens is 328 g/mol. The fraction of sp³-hybridized carbons (Fsp3) is 0.286. The lowest BCUT2D eigenvalue weighted by Gasteiger charge is -2.22. The lowest BCUT2D eigenvalue weighted by molar-refractivity contribution is -0.125. The zero-order chi connectivity index (χ0) is 18.6. The molecule has 1 aliphatic rings. The molecule has 26 heavy (non-hydrogen) atoms. The second-order valence-electron chi connectivity index (χ2n) is 6.62. The lowest BCUT2D eigenvalue weighted by Crippen LogP contribution is -2.48. The van der Waals surface area contributed by atoms with E-state index in [1.165, 1.54) is 0 Å². The zero-order valence-electron chi connectivity index (χ0n) is 14.6.